The summed E-state index contributed by atoms with van der Waals surface area (Å²) >= 11 is 0. The standard InChI is InChI=1S/C11H11N3O2/c1-8(10-3-2-6-16-10)14-11(15)9-7-12-4-5-13-9/h2-8H,1H3,(H,14,15). The summed E-state index contributed by atoms with van der Waals surface area (Å²) in [5.41, 5.74) is 0.293. The van der Waals surface area contributed by atoms with E-state index in [9.17, 15) is 4.79 Å². The van der Waals surface area contributed by atoms with E-state index < -0.39 is 0 Å². The van der Waals surface area contributed by atoms with Crippen LogP contribution in [0.4, 0.5) is 0 Å². The number of nitrogens with one attached hydrogen (secondary N) is 1. The maximum Gasteiger partial charge on any atom is 0.272 e. The molecule has 5 nitrogen and oxygen atoms in total. The van der Waals surface area contributed by atoms with Gasteiger partial charge in [-0.25, -0.2) is 4.98 Å². The van der Waals surface area contributed by atoms with Crippen molar-refractivity contribution >= 4 is 5.91 Å². The number of carbonyl (C=O) groups excluding carboxylic acids is 1. The van der Waals surface area contributed by atoms with E-state index in [-0.39, 0.29) is 11.9 Å². The molecular formula is C11H11N3O2. The zero-order valence-corrected chi connectivity index (χ0v) is 8.75. The highest BCUT2D eigenvalue weighted by atomic mass is 16.3. The molecule has 82 valence electrons. The van der Waals surface area contributed by atoms with Crippen LogP contribution in [0.5, 0.6) is 0 Å². The SMILES string of the molecule is CC(NC(=O)c1cnccn1)c1ccco1. The molecule has 0 aliphatic heterocycles. The molecule has 1 N–H and O–H groups in total. The van der Waals surface area contributed by atoms with E-state index in [0.717, 1.165) is 0 Å². The van der Waals surface area contributed by atoms with Gasteiger partial charge in [0.2, 0.25) is 0 Å². The third-order valence-corrected chi connectivity index (χ3v) is 2.11. The number of nitrogens with zero attached hydrogens (tertiary/aromatic N) is 2. The lowest BCUT2D eigenvalue weighted by Crippen LogP contribution is -2.27. The molecule has 0 aliphatic rings. The van der Waals surface area contributed by atoms with Crippen LogP contribution in [-0.2, 0) is 0 Å². The molecule has 0 saturated heterocycles. The summed E-state index contributed by atoms with van der Waals surface area (Å²) in [6.45, 7) is 1.84. The number of carbonyl (C=O) groups is 1. The van der Waals surface area contributed by atoms with E-state index in [2.05, 4.69) is 15.3 Å². The van der Waals surface area contributed by atoms with Gasteiger partial charge in [-0.15, -0.1) is 0 Å². The van der Waals surface area contributed by atoms with Gasteiger partial charge in [0.25, 0.3) is 5.91 Å². The van der Waals surface area contributed by atoms with Gasteiger partial charge in [0.15, 0.2) is 0 Å². The molecule has 1 unspecified atom stereocenters. The van der Waals surface area contributed by atoms with Crippen molar-refractivity contribution in [2.45, 2.75) is 13.0 Å². The summed E-state index contributed by atoms with van der Waals surface area (Å²) in [7, 11) is 0. The van der Waals surface area contributed by atoms with Crippen molar-refractivity contribution in [3.8, 4) is 0 Å². The summed E-state index contributed by atoms with van der Waals surface area (Å²) in [6.07, 6.45) is 5.99. The van der Waals surface area contributed by atoms with Gasteiger partial charge in [-0.05, 0) is 19.1 Å². The largest absolute Gasteiger partial charge is 0.467 e. The Hall–Kier alpha value is -2.17. The Bertz CT molecular complexity index is 453. The van der Waals surface area contributed by atoms with Crippen LogP contribution in [0.1, 0.15) is 29.2 Å². The highest BCUT2D eigenvalue weighted by Crippen LogP contribution is 2.12. The zero-order valence-electron chi connectivity index (χ0n) is 8.75. The second-order valence-corrected chi connectivity index (χ2v) is 3.30. The number of furan rings is 1. The molecule has 0 bridgehead atoms. The van der Waals surface area contributed by atoms with E-state index >= 15 is 0 Å². The maximum absolute atomic E-state index is 11.7. The molecule has 0 radical (unpaired) electrons. The Labute approximate surface area is 92.5 Å². The lowest BCUT2D eigenvalue weighted by Gasteiger charge is -2.10. The van der Waals surface area contributed by atoms with Gasteiger partial charge in [-0.1, -0.05) is 0 Å². The molecule has 5 heteroatoms. The molecule has 0 aliphatic carbocycles. The summed E-state index contributed by atoms with van der Waals surface area (Å²) in [5, 5.41) is 2.76. The predicted molar refractivity (Wildman–Crippen MR) is 56.6 cm³/mol. The lowest BCUT2D eigenvalue weighted by atomic mass is 10.2. The molecule has 0 saturated carbocycles. The van der Waals surface area contributed by atoms with Crippen molar-refractivity contribution in [3.05, 3.63) is 48.4 Å². The number of amides is 1. The highest BCUT2D eigenvalue weighted by Gasteiger charge is 2.13. The predicted octanol–water partition coefficient (Wildman–Crippen LogP) is 1.56. The number of aromatic nitrogens is 2. The second kappa shape index (κ2) is 4.57. The average Bonchev–Trinajstić information content (AvgIpc) is 2.83. The van der Waals surface area contributed by atoms with Crippen molar-refractivity contribution in [2.24, 2.45) is 0 Å². The first-order valence-electron chi connectivity index (χ1n) is 4.87. The molecule has 0 fully saturated rings. The van der Waals surface area contributed by atoms with Gasteiger partial charge in [0.1, 0.15) is 11.5 Å². The molecule has 2 aromatic rings. The van der Waals surface area contributed by atoms with Crippen LogP contribution < -0.4 is 5.32 Å². The molecular weight excluding hydrogens is 206 g/mol. The summed E-state index contributed by atoms with van der Waals surface area (Å²) in [4.78, 5) is 19.4. The smallest absolute Gasteiger partial charge is 0.272 e. The Morgan fingerprint density at radius 3 is 3.00 bits per heavy atom. The van der Waals surface area contributed by atoms with Gasteiger partial charge in [0.05, 0.1) is 18.5 Å². The second-order valence-electron chi connectivity index (χ2n) is 3.30. The maximum atomic E-state index is 11.7. The lowest BCUT2D eigenvalue weighted by molar-refractivity contribution is 0.0930. The average molecular weight is 217 g/mol. The van der Waals surface area contributed by atoms with E-state index in [1.807, 2.05) is 13.0 Å². The van der Waals surface area contributed by atoms with Crippen LogP contribution >= 0.6 is 0 Å². The molecule has 1 amide bonds. The summed E-state index contributed by atoms with van der Waals surface area (Å²) in [6, 6.07) is 3.39. The fraction of sp³-hybridized carbons (Fsp3) is 0.182. The van der Waals surface area contributed by atoms with E-state index in [0.29, 0.717) is 11.5 Å². The van der Waals surface area contributed by atoms with E-state index in [1.165, 1.54) is 18.6 Å². The van der Waals surface area contributed by atoms with Gasteiger partial charge < -0.3 is 9.73 Å². The quantitative estimate of drug-likeness (QED) is 0.847. The minimum absolute atomic E-state index is 0.190. The number of rotatable bonds is 3. The fourth-order valence-electron chi connectivity index (χ4n) is 1.30. The minimum atomic E-state index is -0.267. The van der Waals surface area contributed by atoms with E-state index in [1.54, 1.807) is 12.3 Å². The molecule has 16 heavy (non-hydrogen) atoms. The van der Waals surface area contributed by atoms with Crippen molar-refractivity contribution in [2.75, 3.05) is 0 Å². The molecule has 2 aromatic heterocycles. The van der Waals surface area contributed by atoms with Crippen LogP contribution in [0.2, 0.25) is 0 Å². The molecule has 2 heterocycles. The van der Waals surface area contributed by atoms with Crippen LogP contribution in [0.15, 0.2) is 41.4 Å². The Morgan fingerprint density at radius 2 is 2.38 bits per heavy atom. The van der Waals surface area contributed by atoms with Crippen LogP contribution in [0.25, 0.3) is 0 Å². The number of hydrogen-bond donors (Lipinski definition) is 1. The van der Waals surface area contributed by atoms with Crippen molar-refractivity contribution in [1.29, 1.82) is 0 Å². The fourth-order valence-corrected chi connectivity index (χ4v) is 1.30. The molecule has 0 spiro atoms. The van der Waals surface area contributed by atoms with Crippen molar-refractivity contribution < 1.29 is 9.21 Å². The number of hydrogen-bond acceptors (Lipinski definition) is 4. The summed E-state index contributed by atoms with van der Waals surface area (Å²) < 4.78 is 5.18. The normalized spacial score (nSPS) is 12.1. The minimum Gasteiger partial charge on any atom is -0.467 e. The van der Waals surface area contributed by atoms with Gasteiger partial charge in [-0.3, -0.25) is 9.78 Å². The Morgan fingerprint density at radius 1 is 1.50 bits per heavy atom. The van der Waals surface area contributed by atoms with E-state index in [4.69, 9.17) is 4.42 Å². The molecule has 1 atom stereocenters. The van der Waals surface area contributed by atoms with Crippen molar-refractivity contribution in [1.82, 2.24) is 15.3 Å². The van der Waals surface area contributed by atoms with Gasteiger partial charge in [0, 0.05) is 12.4 Å². The first-order valence-corrected chi connectivity index (χ1v) is 4.87. The first-order chi connectivity index (χ1) is 7.77. The monoisotopic (exact) mass is 217 g/mol. The van der Waals surface area contributed by atoms with Gasteiger partial charge in [-0.2, -0.15) is 0 Å². The molecule has 0 aromatic carbocycles. The zero-order chi connectivity index (χ0) is 11.4. The van der Waals surface area contributed by atoms with Crippen LogP contribution in [0.3, 0.4) is 0 Å². The van der Waals surface area contributed by atoms with Crippen LogP contribution in [0, 0.1) is 0 Å². The Balaban J connectivity index is 2.03. The third kappa shape index (κ3) is 2.25. The van der Waals surface area contributed by atoms with Gasteiger partial charge >= 0.3 is 0 Å². The first kappa shape index (κ1) is 10.4. The topological polar surface area (TPSA) is 68.0 Å². The van der Waals surface area contributed by atoms with Crippen molar-refractivity contribution in [3.63, 3.8) is 0 Å². The highest BCUT2D eigenvalue weighted by molar-refractivity contribution is 5.92. The van der Waals surface area contributed by atoms with Crippen LogP contribution in [-0.4, -0.2) is 15.9 Å². The Kier molecular flexibility index (Phi) is 2.95. The summed E-state index contributed by atoms with van der Waals surface area (Å²) in [5.74, 6) is 0.439. The third-order valence-electron chi connectivity index (χ3n) is 2.11. The molecule has 2 rings (SSSR count).